The van der Waals surface area contributed by atoms with Crippen LogP contribution < -0.4 is 23.5 Å². The molecule has 2 rings (SSSR count). The molecule has 2 heterocycles. The molecule has 1 amide bonds. The fraction of sp³-hybridized carbons (Fsp3) is 0.848. The number of quaternary nitrogens is 1. The number of halogens is 3. The first-order chi connectivity index (χ1) is 24.0. The Labute approximate surface area is 327 Å². The van der Waals surface area contributed by atoms with Gasteiger partial charge in [0.05, 0.1) is 35.6 Å². The zero-order valence-electron chi connectivity index (χ0n) is 31.9. The number of amides is 1. The monoisotopic (exact) mass is 828 g/mol. The lowest BCUT2D eigenvalue weighted by molar-refractivity contribution is -0.497. The van der Waals surface area contributed by atoms with Crippen molar-refractivity contribution >= 4 is 53.0 Å². The fourth-order valence-electron chi connectivity index (χ4n) is 4.18. The molecule has 0 saturated carbocycles. The van der Waals surface area contributed by atoms with Crippen molar-refractivity contribution in [3.05, 3.63) is 0 Å². The van der Waals surface area contributed by atoms with E-state index in [2.05, 4.69) is 11.1 Å². The van der Waals surface area contributed by atoms with Crippen LogP contribution in [-0.4, -0.2) is 130 Å². The molecule has 53 heavy (non-hydrogen) atoms. The van der Waals surface area contributed by atoms with E-state index in [1.807, 2.05) is 0 Å². The highest BCUT2D eigenvalue weighted by Gasteiger charge is 2.53. The first-order valence-electron chi connectivity index (χ1n) is 17.0. The quantitative estimate of drug-likeness (QED) is 0.0645. The normalized spacial score (nSPS) is 28.1. The van der Waals surface area contributed by atoms with Crippen molar-refractivity contribution in [1.82, 2.24) is 5.32 Å². The average molecular weight is 830 g/mol. The van der Waals surface area contributed by atoms with Crippen LogP contribution in [0.15, 0.2) is 0 Å². The standard InChI is InChI=1S/C26H43NO10.C6H13NO5.CH2Cl2.ClH/c1-12(2)21(28)27-18-20(36-24(31)15(7)8)19(35-23(30)14(5)6)17(11-33-22(29)13(3)4)34-26(18)37-25(32)16(9)10;7-3-5(10)4(9)2(1-8)12-6(3)11;2-1-3;/h12-20,26H,11H2,1-10H3,(H,27,28);2-6,8-11H,1,7H2;1H2;1H/t17?,18?,19-,20-,26-;2?,3?,4-,5-,6?;;/m11../s1. The molecular formula is C33H59Cl3N2O15. The topological polar surface area (TPSA) is 261 Å². The van der Waals surface area contributed by atoms with Gasteiger partial charge < -0.3 is 72.3 Å². The number of esters is 4. The summed E-state index contributed by atoms with van der Waals surface area (Å²) < 4.78 is 33.1. The Balaban J connectivity index is 0. The van der Waals surface area contributed by atoms with Crippen molar-refractivity contribution in [3.8, 4) is 0 Å². The second-order valence-electron chi connectivity index (χ2n) is 13.7. The van der Waals surface area contributed by atoms with Gasteiger partial charge in [-0.05, 0) is 0 Å². The van der Waals surface area contributed by atoms with Crippen molar-refractivity contribution in [1.29, 1.82) is 0 Å². The van der Waals surface area contributed by atoms with Crippen LogP contribution in [-0.2, 0) is 52.4 Å². The number of carbonyl (C=O) groups excluding carboxylic acids is 5. The third-order valence-electron chi connectivity index (χ3n) is 7.52. The molecule has 2 saturated heterocycles. The zero-order valence-corrected chi connectivity index (χ0v) is 34.2. The number of ether oxygens (including phenoxy) is 6. The SMILES string of the molecule is CC(C)C(=O)NC1[C@@H](OC(=O)C(C)C)OC(COC(=O)C(C)C)[C@@H](OC(=O)C(C)C)[C@@H]1OC(=O)C(C)C.ClCCl.[Cl-].[NH3+]C1C(O)OC(CO)[C@@H](O)[C@@H]1O. The number of hydrogen-bond donors (Lipinski definition) is 6. The van der Waals surface area contributed by atoms with Gasteiger partial charge in [-0.25, -0.2) is 0 Å². The summed E-state index contributed by atoms with van der Waals surface area (Å²) in [7, 11) is 0. The molecule has 0 aromatic carbocycles. The van der Waals surface area contributed by atoms with Gasteiger partial charge in [0.1, 0.15) is 37.1 Å². The van der Waals surface area contributed by atoms with E-state index in [9.17, 15) is 34.2 Å². The Kier molecular flexibility index (Phi) is 25.9. The third kappa shape index (κ3) is 17.5. The summed E-state index contributed by atoms with van der Waals surface area (Å²) in [6.07, 6.45) is -9.68. The maximum absolute atomic E-state index is 12.7. The average Bonchev–Trinajstić information content (AvgIpc) is 3.06. The second-order valence-corrected chi connectivity index (χ2v) is 14.5. The van der Waals surface area contributed by atoms with E-state index in [0.29, 0.717) is 0 Å². The molecule has 2 fully saturated rings. The Hall–Kier alpha value is -2.06. The molecule has 8 N–H and O–H groups in total. The third-order valence-corrected chi connectivity index (χ3v) is 7.52. The Morgan fingerprint density at radius 2 is 1.11 bits per heavy atom. The molecule has 312 valence electrons. The van der Waals surface area contributed by atoms with Crippen molar-refractivity contribution in [2.24, 2.45) is 29.6 Å². The number of aliphatic hydroxyl groups is 4. The molecule has 0 aromatic rings. The Morgan fingerprint density at radius 3 is 1.53 bits per heavy atom. The summed E-state index contributed by atoms with van der Waals surface area (Å²) in [6, 6.07) is -2.00. The lowest BCUT2D eigenvalue weighted by Crippen LogP contribution is -3.00. The maximum atomic E-state index is 12.7. The molecule has 0 aliphatic carbocycles. The molecule has 17 nitrogen and oxygen atoms in total. The number of rotatable bonds is 12. The van der Waals surface area contributed by atoms with Crippen LogP contribution in [0.4, 0.5) is 0 Å². The molecule has 0 spiro atoms. The van der Waals surface area contributed by atoms with Gasteiger partial charge in [-0.2, -0.15) is 0 Å². The van der Waals surface area contributed by atoms with Crippen LogP contribution >= 0.6 is 23.2 Å². The molecule has 20 heteroatoms. The van der Waals surface area contributed by atoms with Crippen LogP contribution in [0.25, 0.3) is 0 Å². The molecule has 5 unspecified atom stereocenters. The van der Waals surface area contributed by atoms with E-state index in [1.54, 1.807) is 69.2 Å². The summed E-state index contributed by atoms with van der Waals surface area (Å²) in [5.74, 6) is -5.37. The number of alkyl halides is 2. The van der Waals surface area contributed by atoms with Gasteiger partial charge in [0.25, 0.3) is 0 Å². The maximum Gasteiger partial charge on any atom is 0.310 e. The Bertz CT molecular complexity index is 1130. The van der Waals surface area contributed by atoms with Gasteiger partial charge in [-0.3, -0.25) is 24.0 Å². The number of nitrogens with one attached hydrogen (secondary N) is 1. The smallest absolute Gasteiger partial charge is 0.310 e. The summed E-state index contributed by atoms with van der Waals surface area (Å²) in [5, 5.41) is 39.2. The van der Waals surface area contributed by atoms with Crippen LogP contribution in [0.3, 0.4) is 0 Å². The molecule has 2 aliphatic rings. The molecule has 2 aliphatic heterocycles. The summed E-state index contributed by atoms with van der Waals surface area (Å²) in [6.45, 7) is 15.5. The van der Waals surface area contributed by atoms with Crippen molar-refractivity contribution in [3.63, 3.8) is 0 Å². The van der Waals surface area contributed by atoms with Crippen LogP contribution in [0, 0.1) is 29.6 Å². The van der Waals surface area contributed by atoms with Crippen molar-refractivity contribution in [2.45, 2.75) is 131 Å². The van der Waals surface area contributed by atoms with E-state index < -0.39 is 127 Å². The van der Waals surface area contributed by atoms with Gasteiger partial charge in [-0.1, -0.05) is 69.2 Å². The molecule has 0 aromatic heterocycles. The highest BCUT2D eigenvalue weighted by molar-refractivity contribution is 6.40. The molecule has 10 atom stereocenters. The van der Waals surface area contributed by atoms with Gasteiger partial charge >= 0.3 is 23.9 Å². The second kappa shape index (κ2) is 25.9. The van der Waals surface area contributed by atoms with E-state index in [1.165, 1.54) is 0 Å². The number of hydrogen-bond acceptors (Lipinski definition) is 15. The first-order valence-corrected chi connectivity index (χ1v) is 18.1. The summed E-state index contributed by atoms with van der Waals surface area (Å²) in [5.41, 5.74) is 3.41. The first kappa shape index (κ1) is 53.0. The van der Waals surface area contributed by atoms with Crippen LogP contribution in [0.5, 0.6) is 0 Å². The summed E-state index contributed by atoms with van der Waals surface area (Å²) in [4.78, 5) is 62.8. The highest BCUT2D eigenvalue weighted by Crippen LogP contribution is 2.30. The van der Waals surface area contributed by atoms with E-state index in [4.69, 9.17) is 61.8 Å². The van der Waals surface area contributed by atoms with Crippen LogP contribution in [0.1, 0.15) is 69.2 Å². The predicted octanol–water partition coefficient (Wildman–Crippen LogP) is -3.16. The number of carbonyl (C=O) groups is 5. The minimum Gasteiger partial charge on any atom is -1.00 e. The molecule has 0 radical (unpaired) electrons. The van der Waals surface area contributed by atoms with Gasteiger partial charge in [0.15, 0.2) is 18.2 Å². The number of aliphatic hydroxyl groups excluding tert-OH is 4. The lowest BCUT2D eigenvalue weighted by Gasteiger charge is -2.45. The molecular weight excluding hydrogens is 771 g/mol. The predicted molar refractivity (Wildman–Crippen MR) is 185 cm³/mol. The van der Waals surface area contributed by atoms with Crippen molar-refractivity contribution < 1.29 is 91.0 Å². The minimum absolute atomic E-state index is 0. The van der Waals surface area contributed by atoms with Crippen molar-refractivity contribution in [2.75, 3.05) is 18.6 Å². The zero-order chi connectivity index (χ0) is 40.6. The van der Waals surface area contributed by atoms with E-state index in [0.717, 1.165) is 0 Å². The highest BCUT2D eigenvalue weighted by atomic mass is 35.5. The van der Waals surface area contributed by atoms with Gasteiger partial charge in [0.2, 0.25) is 18.5 Å². The summed E-state index contributed by atoms with van der Waals surface area (Å²) >= 11 is 9.53. The molecule has 0 bridgehead atoms. The van der Waals surface area contributed by atoms with E-state index >= 15 is 0 Å². The van der Waals surface area contributed by atoms with E-state index in [-0.39, 0.29) is 24.4 Å². The van der Waals surface area contributed by atoms with Gasteiger partial charge in [-0.15, -0.1) is 23.2 Å². The van der Waals surface area contributed by atoms with Crippen LogP contribution in [0.2, 0.25) is 0 Å². The fourth-order valence-corrected chi connectivity index (χ4v) is 4.18. The Morgan fingerprint density at radius 1 is 0.679 bits per heavy atom. The van der Waals surface area contributed by atoms with Gasteiger partial charge in [0, 0.05) is 5.92 Å². The largest absolute Gasteiger partial charge is 1.00 e. The lowest BCUT2D eigenvalue weighted by atomic mass is 9.95. The minimum atomic E-state index is -1.42.